The molecule has 0 aliphatic carbocycles. The molecule has 0 aromatic carbocycles. The quantitative estimate of drug-likeness (QED) is 0.412. The summed E-state index contributed by atoms with van der Waals surface area (Å²) in [5, 5.41) is 10.9. The fourth-order valence-electron chi connectivity index (χ4n) is 1.04. The number of carboxylic acid groups (broad SMARTS) is 1. The number of hydrogen-bond donors (Lipinski definition) is 2. The number of nitrogens with one attached hydrogen (secondary N) is 1. The zero-order valence-corrected chi connectivity index (χ0v) is 10.5. The summed E-state index contributed by atoms with van der Waals surface area (Å²) >= 11 is 0. The summed E-state index contributed by atoms with van der Waals surface area (Å²) in [4.78, 5) is 21.1. The van der Waals surface area contributed by atoms with Crippen molar-refractivity contribution in [2.45, 2.75) is 32.1 Å². The molecule has 0 aliphatic rings. The maximum atomic E-state index is 11.0. The lowest BCUT2D eigenvalue weighted by atomic mass is 10.4. The van der Waals surface area contributed by atoms with Crippen molar-refractivity contribution in [1.29, 1.82) is 0 Å². The van der Waals surface area contributed by atoms with E-state index in [1.165, 1.54) is 0 Å². The molecule has 0 saturated heterocycles. The van der Waals surface area contributed by atoms with E-state index in [1.807, 2.05) is 0 Å². The molecule has 4 nitrogen and oxygen atoms in total. The van der Waals surface area contributed by atoms with Crippen molar-refractivity contribution >= 4 is 20.0 Å². The van der Waals surface area contributed by atoms with E-state index in [4.69, 9.17) is 5.11 Å². The summed E-state index contributed by atoms with van der Waals surface area (Å²) in [6, 6.07) is 1.16. The van der Waals surface area contributed by atoms with E-state index < -0.39 is 14.0 Å². The number of amides is 1. The minimum absolute atomic E-state index is 0.340. The zero-order chi connectivity index (χ0) is 11.9. The SMILES string of the molecule is C[Si](C)(C)CCCNC(=O)/C=C\C(=O)O. The van der Waals surface area contributed by atoms with Gasteiger partial charge in [0.25, 0.3) is 0 Å². The molecule has 0 aromatic heterocycles. The zero-order valence-electron chi connectivity index (χ0n) is 9.54. The Morgan fingerprint density at radius 1 is 1.27 bits per heavy atom. The van der Waals surface area contributed by atoms with Gasteiger partial charge in [0.15, 0.2) is 0 Å². The second-order valence-corrected chi connectivity index (χ2v) is 10.2. The first-order valence-corrected chi connectivity index (χ1v) is 8.71. The van der Waals surface area contributed by atoms with Crippen LogP contribution in [0.25, 0.3) is 0 Å². The van der Waals surface area contributed by atoms with Gasteiger partial charge in [0.1, 0.15) is 0 Å². The van der Waals surface area contributed by atoms with Gasteiger partial charge in [-0.25, -0.2) is 4.79 Å². The summed E-state index contributed by atoms with van der Waals surface area (Å²) in [7, 11) is -1.03. The smallest absolute Gasteiger partial charge is 0.328 e. The Labute approximate surface area is 91.4 Å². The molecule has 0 heterocycles. The molecule has 15 heavy (non-hydrogen) atoms. The van der Waals surface area contributed by atoms with Gasteiger partial charge in [-0.05, 0) is 6.42 Å². The van der Waals surface area contributed by atoms with Crippen LogP contribution in [0.4, 0.5) is 0 Å². The lowest BCUT2D eigenvalue weighted by molar-refractivity contribution is -0.131. The molecule has 0 saturated carbocycles. The van der Waals surface area contributed by atoms with Crippen LogP contribution in [-0.4, -0.2) is 31.6 Å². The fraction of sp³-hybridized carbons (Fsp3) is 0.600. The summed E-state index contributed by atoms with van der Waals surface area (Å²) in [6.45, 7) is 7.45. The molecule has 0 aliphatic heterocycles. The first-order valence-electron chi connectivity index (χ1n) is 5.00. The predicted octanol–water partition coefficient (Wildman–Crippen LogP) is 1.47. The van der Waals surface area contributed by atoms with Crippen LogP contribution in [0.15, 0.2) is 12.2 Å². The van der Waals surface area contributed by atoms with E-state index in [0.717, 1.165) is 24.6 Å². The van der Waals surface area contributed by atoms with Crippen LogP contribution in [0.1, 0.15) is 6.42 Å². The highest BCUT2D eigenvalue weighted by atomic mass is 28.3. The van der Waals surface area contributed by atoms with E-state index in [0.29, 0.717) is 6.54 Å². The third-order valence-corrected chi connectivity index (χ3v) is 3.63. The number of hydrogen-bond acceptors (Lipinski definition) is 2. The highest BCUT2D eigenvalue weighted by molar-refractivity contribution is 6.76. The Balaban J connectivity index is 3.61. The molecule has 0 spiro atoms. The van der Waals surface area contributed by atoms with Crippen LogP contribution >= 0.6 is 0 Å². The average molecular weight is 229 g/mol. The molecule has 5 heteroatoms. The number of rotatable bonds is 6. The topological polar surface area (TPSA) is 66.4 Å². The molecule has 0 fully saturated rings. The highest BCUT2D eigenvalue weighted by Gasteiger charge is 2.11. The lowest BCUT2D eigenvalue weighted by Gasteiger charge is -2.14. The van der Waals surface area contributed by atoms with E-state index in [2.05, 4.69) is 25.0 Å². The number of aliphatic carboxylic acids is 1. The summed E-state index contributed by atoms with van der Waals surface area (Å²) in [5.41, 5.74) is 0. The highest BCUT2D eigenvalue weighted by Crippen LogP contribution is 2.09. The maximum Gasteiger partial charge on any atom is 0.328 e. The van der Waals surface area contributed by atoms with E-state index in [1.54, 1.807) is 0 Å². The third kappa shape index (κ3) is 10.8. The Bertz CT molecular complexity index is 256. The van der Waals surface area contributed by atoms with Gasteiger partial charge in [-0.3, -0.25) is 4.79 Å². The normalized spacial score (nSPS) is 11.7. The van der Waals surface area contributed by atoms with Gasteiger partial charge in [0.05, 0.1) is 0 Å². The van der Waals surface area contributed by atoms with Crippen molar-refractivity contribution in [3.8, 4) is 0 Å². The summed E-state index contributed by atoms with van der Waals surface area (Å²) in [5.74, 6) is -1.44. The van der Waals surface area contributed by atoms with Crippen LogP contribution in [0.3, 0.4) is 0 Å². The number of carbonyl (C=O) groups excluding carboxylic acids is 1. The largest absolute Gasteiger partial charge is 0.478 e. The molecule has 0 rings (SSSR count). The molecule has 2 N–H and O–H groups in total. The van der Waals surface area contributed by atoms with E-state index in [9.17, 15) is 9.59 Å². The average Bonchev–Trinajstić information content (AvgIpc) is 2.07. The minimum Gasteiger partial charge on any atom is -0.478 e. The Kier molecular flexibility index (Phi) is 5.92. The molecule has 0 bridgehead atoms. The van der Waals surface area contributed by atoms with Gasteiger partial charge >= 0.3 is 5.97 Å². The van der Waals surface area contributed by atoms with E-state index in [-0.39, 0.29) is 5.91 Å². The first kappa shape index (κ1) is 13.9. The number of carbonyl (C=O) groups is 2. The van der Waals surface area contributed by atoms with Crippen LogP contribution in [0.2, 0.25) is 25.7 Å². The van der Waals surface area contributed by atoms with Crippen LogP contribution < -0.4 is 5.32 Å². The second-order valence-electron chi connectivity index (χ2n) is 4.63. The predicted molar refractivity (Wildman–Crippen MR) is 62.6 cm³/mol. The molecular weight excluding hydrogens is 210 g/mol. The van der Waals surface area contributed by atoms with Crippen molar-refractivity contribution < 1.29 is 14.7 Å². The minimum atomic E-state index is -1.10. The molecular formula is C10H19NO3Si. The van der Waals surface area contributed by atoms with Gasteiger partial charge < -0.3 is 10.4 Å². The molecule has 0 unspecified atom stereocenters. The van der Waals surface area contributed by atoms with Crippen molar-refractivity contribution in [3.63, 3.8) is 0 Å². The molecule has 86 valence electrons. The maximum absolute atomic E-state index is 11.0. The lowest BCUT2D eigenvalue weighted by Crippen LogP contribution is -2.26. The van der Waals surface area contributed by atoms with Crippen LogP contribution in [0.5, 0.6) is 0 Å². The van der Waals surface area contributed by atoms with Gasteiger partial charge in [0.2, 0.25) is 5.91 Å². The van der Waals surface area contributed by atoms with Crippen molar-refractivity contribution in [3.05, 3.63) is 12.2 Å². The van der Waals surface area contributed by atoms with Crippen molar-refractivity contribution in [2.75, 3.05) is 6.54 Å². The van der Waals surface area contributed by atoms with E-state index >= 15 is 0 Å². The Morgan fingerprint density at radius 3 is 2.33 bits per heavy atom. The van der Waals surface area contributed by atoms with Crippen LogP contribution in [-0.2, 0) is 9.59 Å². The van der Waals surface area contributed by atoms with Crippen molar-refractivity contribution in [1.82, 2.24) is 5.32 Å². The second kappa shape index (κ2) is 6.39. The molecule has 0 atom stereocenters. The molecule has 1 amide bonds. The monoisotopic (exact) mass is 229 g/mol. The van der Waals surface area contributed by atoms with Crippen molar-refractivity contribution in [2.24, 2.45) is 0 Å². The Morgan fingerprint density at radius 2 is 1.87 bits per heavy atom. The van der Waals surface area contributed by atoms with Gasteiger partial charge in [0, 0.05) is 26.8 Å². The summed E-state index contributed by atoms with van der Waals surface area (Å²) in [6.07, 6.45) is 2.84. The summed E-state index contributed by atoms with van der Waals surface area (Å²) < 4.78 is 0. The van der Waals surface area contributed by atoms with Gasteiger partial charge in [-0.15, -0.1) is 0 Å². The Hall–Kier alpha value is -1.10. The molecule has 0 aromatic rings. The fourth-order valence-corrected chi connectivity index (χ4v) is 2.27. The van der Waals surface area contributed by atoms with Gasteiger partial charge in [-0.1, -0.05) is 25.7 Å². The standard InChI is InChI=1S/C10H19NO3Si/c1-15(2,3)8-4-7-11-9(12)5-6-10(13)14/h5-6H,4,7-8H2,1-3H3,(H,11,12)(H,13,14)/b6-5-. The molecule has 0 radical (unpaired) electrons. The number of carboxylic acids is 1. The first-order chi connectivity index (χ1) is 6.81. The van der Waals surface area contributed by atoms with Crippen LogP contribution in [0, 0.1) is 0 Å². The van der Waals surface area contributed by atoms with Gasteiger partial charge in [-0.2, -0.15) is 0 Å². The third-order valence-electron chi connectivity index (χ3n) is 1.78.